The number of rotatable bonds is 8. The van der Waals surface area contributed by atoms with Crippen molar-refractivity contribution in [3.63, 3.8) is 0 Å². The molecule has 2 aliphatic heterocycles. The van der Waals surface area contributed by atoms with Crippen molar-refractivity contribution < 1.29 is 23.8 Å². The van der Waals surface area contributed by atoms with Crippen molar-refractivity contribution in [2.24, 2.45) is 0 Å². The van der Waals surface area contributed by atoms with Gasteiger partial charge in [0, 0.05) is 36.2 Å². The third-order valence-corrected chi connectivity index (χ3v) is 7.40. The number of ether oxygens (including phenoxy) is 3. The largest absolute Gasteiger partial charge is 0.497 e. The highest BCUT2D eigenvalue weighted by Crippen LogP contribution is 2.34. The summed E-state index contributed by atoms with van der Waals surface area (Å²) in [5.74, 6) is 1.32. The summed E-state index contributed by atoms with van der Waals surface area (Å²) in [7, 11) is 1.62. The summed E-state index contributed by atoms with van der Waals surface area (Å²) >= 11 is 1.71. The van der Waals surface area contributed by atoms with Gasteiger partial charge >= 0.3 is 6.03 Å². The predicted octanol–water partition coefficient (Wildman–Crippen LogP) is 4.25. The lowest BCUT2D eigenvalue weighted by molar-refractivity contribution is -0.135. The highest BCUT2D eigenvalue weighted by atomic mass is 32.1. The first-order valence-corrected chi connectivity index (χ1v) is 13.4. The summed E-state index contributed by atoms with van der Waals surface area (Å²) in [6.07, 6.45) is 2.63. The van der Waals surface area contributed by atoms with Crippen LogP contribution < -0.4 is 14.8 Å². The average Bonchev–Trinajstić information content (AvgIpc) is 3.53. The molecule has 2 aliphatic rings. The number of nitrogens with one attached hydrogen (secondary N) is 1. The summed E-state index contributed by atoms with van der Waals surface area (Å²) in [4.78, 5) is 31.6. The maximum atomic E-state index is 13.7. The Bertz CT molecular complexity index is 1040. The fourth-order valence-corrected chi connectivity index (χ4v) is 5.58. The smallest absolute Gasteiger partial charge is 0.318 e. The molecule has 1 saturated heterocycles. The molecule has 8 nitrogen and oxygen atoms in total. The molecule has 9 heteroatoms. The van der Waals surface area contributed by atoms with Crippen LogP contribution in [-0.2, 0) is 16.0 Å². The van der Waals surface area contributed by atoms with Gasteiger partial charge in [0.1, 0.15) is 24.7 Å². The molecule has 0 radical (unpaired) electrons. The van der Waals surface area contributed by atoms with E-state index in [1.807, 2.05) is 49.9 Å². The zero-order chi connectivity index (χ0) is 25.7. The number of methoxy groups -OCH3 is 1. The minimum Gasteiger partial charge on any atom is -0.497 e. The average molecular weight is 516 g/mol. The van der Waals surface area contributed by atoms with Crippen LogP contribution in [0.2, 0.25) is 0 Å². The van der Waals surface area contributed by atoms with Gasteiger partial charge in [0.2, 0.25) is 5.91 Å². The monoisotopic (exact) mass is 515 g/mol. The summed E-state index contributed by atoms with van der Waals surface area (Å²) in [6, 6.07) is 9.07. The molecular formula is C27H37N3O5S. The SMILES string of the molecule is COc1cccc(OC[C@H]2c3ccsc3CCN2C(=O)CN(C[C@@H]2CCCO2)C(=O)NC(C)(C)C)c1. The van der Waals surface area contributed by atoms with Crippen LogP contribution in [0.5, 0.6) is 11.5 Å². The fraction of sp³-hybridized carbons (Fsp3) is 0.556. The van der Waals surface area contributed by atoms with Crippen molar-refractivity contribution in [2.45, 2.75) is 57.7 Å². The van der Waals surface area contributed by atoms with Crippen LogP contribution in [0.15, 0.2) is 35.7 Å². The van der Waals surface area contributed by atoms with Gasteiger partial charge in [-0.3, -0.25) is 4.79 Å². The van der Waals surface area contributed by atoms with Crippen molar-refractivity contribution in [2.75, 3.05) is 40.0 Å². The number of carbonyl (C=O) groups excluding carboxylic acids is 2. The van der Waals surface area contributed by atoms with Gasteiger partial charge < -0.3 is 29.3 Å². The molecule has 196 valence electrons. The summed E-state index contributed by atoms with van der Waals surface area (Å²) in [5.41, 5.74) is 0.714. The zero-order valence-electron chi connectivity index (χ0n) is 21.6. The second kappa shape index (κ2) is 11.5. The van der Waals surface area contributed by atoms with E-state index in [-0.39, 0.29) is 30.6 Å². The number of amides is 3. The van der Waals surface area contributed by atoms with Crippen LogP contribution in [0, 0.1) is 0 Å². The van der Waals surface area contributed by atoms with E-state index in [4.69, 9.17) is 14.2 Å². The predicted molar refractivity (Wildman–Crippen MR) is 140 cm³/mol. The minimum absolute atomic E-state index is 0.00307. The molecule has 36 heavy (non-hydrogen) atoms. The second-order valence-electron chi connectivity index (χ2n) is 10.3. The molecule has 1 aromatic carbocycles. The normalized spacial score (nSPS) is 19.5. The second-order valence-corrected chi connectivity index (χ2v) is 11.3. The molecule has 0 saturated carbocycles. The van der Waals surface area contributed by atoms with Crippen LogP contribution >= 0.6 is 11.3 Å². The lowest BCUT2D eigenvalue weighted by atomic mass is 10.0. The molecule has 1 N–H and O–H groups in total. The number of hydrogen-bond acceptors (Lipinski definition) is 6. The Kier molecular flexibility index (Phi) is 8.41. The molecule has 3 amide bonds. The molecule has 2 atom stereocenters. The van der Waals surface area contributed by atoms with E-state index >= 15 is 0 Å². The van der Waals surface area contributed by atoms with E-state index in [0.717, 1.165) is 30.6 Å². The minimum atomic E-state index is -0.404. The molecule has 2 aromatic rings. The molecule has 4 rings (SSSR count). The van der Waals surface area contributed by atoms with Gasteiger partial charge in [-0.15, -0.1) is 11.3 Å². The number of thiophene rings is 1. The summed E-state index contributed by atoms with van der Waals surface area (Å²) in [5, 5.41) is 5.07. The number of nitrogens with zero attached hydrogens (tertiary/aromatic N) is 2. The number of urea groups is 1. The maximum Gasteiger partial charge on any atom is 0.318 e. The number of benzene rings is 1. The molecule has 0 spiro atoms. The molecule has 0 unspecified atom stereocenters. The van der Waals surface area contributed by atoms with Crippen LogP contribution in [0.1, 0.15) is 50.1 Å². The summed E-state index contributed by atoms with van der Waals surface area (Å²) < 4.78 is 17.2. The first kappa shape index (κ1) is 26.3. The van der Waals surface area contributed by atoms with Gasteiger partial charge in [0.05, 0.1) is 19.3 Å². The number of carbonyl (C=O) groups is 2. The van der Waals surface area contributed by atoms with Gasteiger partial charge in [-0.2, -0.15) is 0 Å². The molecular weight excluding hydrogens is 478 g/mol. The van der Waals surface area contributed by atoms with E-state index in [1.165, 1.54) is 4.88 Å². The van der Waals surface area contributed by atoms with Crippen molar-refractivity contribution in [3.05, 3.63) is 46.2 Å². The number of fused-ring (bicyclic) bond motifs is 1. The first-order valence-electron chi connectivity index (χ1n) is 12.5. The van der Waals surface area contributed by atoms with Gasteiger partial charge in [-0.05, 0) is 69.2 Å². The lowest BCUT2D eigenvalue weighted by Gasteiger charge is -2.37. The van der Waals surface area contributed by atoms with E-state index in [9.17, 15) is 9.59 Å². The summed E-state index contributed by atoms with van der Waals surface area (Å²) in [6.45, 7) is 7.82. The van der Waals surface area contributed by atoms with E-state index in [2.05, 4.69) is 16.8 Å². The quantitative estimate of drug-likeness (QED) is 0.569. The highest BCUT2D eigenvalue weighted by molar-refractivity contribution is 7.10. The van der Waals surface area contributed by atoms with Crippen molar-refractivity contribution in [3.8, 4) is 11.5 Å². The molecule has 1 fully saturated rings. The maximum absolute atomic E-state index is 13.7. The third kappa shape index (κ3) is 6.70. The van der Waals surface area contributed by atoms with E-state index in [1.54, 1.807) is 23.3 Å². The van der Waals surface area contributed by atoms with E-state index in [0.29, 0.717) is 32.1 Å². The Balaban J connectivity index is 1.50. The Morgan fingerprint density at radius 3 is 2.78 bits per heavy atom. The number of hydrogen-bond donors (Lipinski definition) is 1. The van der Waals surface area contributed by atoms with Gasteiger partial charge in [-0.1, -0.05) is 6.07 Å². The van der Waals surface area contributed by atoms with Crippen LogP contribution in [0.3, 0.4) is 0 Å². The Labute approximate surface area is 217 Å². The Morgan fingerprint density at radius 1 is 1.25 bits per heavy atom. The first-order chi connectivity index (χ1) is 17.2. The zero-order valence-corrected chi connectivity index (χ0v) is 22.4. The van der Waals surface area contributed by atoms with Crippen molar-refractivity contribution >= 4 is 23.3 Å². The van der Waals surface area contributed by atoms with Crippen LogP contribution in [0.4, 0.5) is 4.79 Å². The topological polar surface area (TPSA) is 80.3 Å². The molecule has 0 aliphatic carbocycles. The van der Waals surface area contributed by atoms with Gasteiger partial charge in [-0.25, -0.2) is 4.79 Å². The Morgan fingerprint density at radius 2 is 2.06 bits per heavy atom. The van der Waals surface area contributed by atoms with Crippen molar-refractivity contribution in [1.29, 1.82) is 0 Å². The van der Waals surface area contributed by atoms with Crippen molar-refractivity contribution in [1.82, 2.24) is 15.1 Å². The van der Waals surface area contributed by atoms with Gasteiger partial charge in [0.15, 0.2) is 0 Å². The Hall–Kier alpha value is -2.78. The van der Waals surface area contributed by atoms with E-state index < -0.39 is 5.54 Å². The molecule has 1 aromatic heterocycles. The standard InChI is InChI=1S/C27H37N3O5S/c1-27(2,3)28-26(32)29(16-21-9-6-13-34-21)17-25(31)30-12-10-24-22(11-14-36-24)23(30)18-35-20-8-5-7-19(15-20)33-4/h5,7-8,11,14-15,21,23H,6,9-10,12-13,16-18H2,1-4H3,(H,28,32)/t21-,23-/m0/s1. The highest BCUT2D eigenvalue weighted by Gasteiger charge is 2.35. The third-order valence-electron chi connectivity index (χ3n) is 6.41. The van der Waals surface area contributed by atoms with Gasteiger partial charge in [0.25, 0.3) is 0 Å². The fourth-order valence-electron chi connectivity index (χ4n) is 4.65. The van der Waals surface area contributed by atoms with Crippen LogP contribution in [0.25, 0.3) is 0 Å². The molecule has 0 bridgehead atoms. The lowest BCUT2D eigenvalue weighted by Crippen LogP contribution is -2.54. The molecule has 3 heterocycles. The van der Waals surface area contributed by atoms with Crippen LogP contribution in [-0.4, -0.2) is 73.3 Å².